The lowest BCUT2D eigenvalue weighted by atomic mass is 10.0. The van der Waals surface area contributed by atoms with Gasteiger partial charge in [-0.3, -0.25) is 14.4 Å². The highest BCUT2D eigenvalue weighted by molar-refractivity contribution is 5.71. The number of unbranched alkanes of at least 4 members (excludes halogenated alkanes) is 43. The van der Waals surface area contributed by atoms with Crippen LogP contribution in [0.2, 0.25) is 0 Å². The van der Waals surface area contributed by atoms with E-state index in [0.717, 1.165) is 77.0 Å². The van der Waals surface area contributed by atoms with Crippen LogP contribution in [0.25, 0.3) is 0 Å². The molecule has 0 aromatic rings. The molecule has 6 heteroatoms. The van der Waals surface area contributed by atoms with Crippen LogP contribution in [-0.2, 0) is 28.6 Å². The fourth-order valence-electron chi connectivity index (χ4n) is 10.2. The molecule has 79 heavy (non-hydrogen) atoms. The first-order valence-electron chi connectivity index (χ1n) is 34.8. The summed E-state index contributed by atoms with van der Waals surface area (Å²) < 4.78 is 17.0. The first kappa shape index (κ1) is 76.1. The second kappa shape index (κ2) is 67.6. The van der Waals surface area contributed by atoms with E-state index >= 15 is 0 Å². The molecule has 1 unspecified atom stereocenters. The number of ether oxygens (including phenoxy) is 3. The van der Waals surface area contributed by atoms with Crippen molar-refractivity contribution in [3.63, 3.8) is 0 Å². The molecule has 6 nitrogen and oxygen atoms in total. The Labute approximate surface area is 491 Å². The molecule has 0 aromatic carbocycles. The maximum absolute atomic E-state index is 12.9. The molecule has 1 atom stereocenters. The summed E-state index contributed by atoms with van der Waals surface area (Å²) in [5.41, 5.74) is 0. The standard InChI is InChI=1S/C73H132O6/c1-4-7-10-13-16-19-22-25-27-29-31-32-33-34-35-36-37-38-39-40-42-43-45-48-51-54-57-60-63-66-72(75)78-69-70(68-77-71(74)65-62-59-56-53-50-47-24-21-18-15-12-9-6-3)79-73(76)67-64-61-58-55-52-49-46-44-41-30-28-26-23-20-17-14-11-8-5-2/h21-22,24-26,28-29,31,33-34,70H,4-20,23,27,30,32,35-69H2,1-3H3/b24-21-,25-22-,28-26-,31-29-,34-33-. The quantitative estimate of drug-likeness (QED) is 0.0261. The molecule has 0 heterocycles. The van der Waals surface area contributed by atoms with E-state index in [1.807, 2.05) is 0 Å². The van der Waals surface area contributed by atoms with Gasteiger partial charge in [-0.05, 0) is 109 Å². The second-order valence-corrected chi connectivity index (χ2v) is 23.4. The lowest BCUT2D eigenvalue weighted by Crippen LogP contribution is -2.30. The van der Waals surface area contributed by atoms with Crippen molar-refractivity contribution >= 4 is 17.9 Å². The monoisotopic (exact) mass is 1110 g/mol. The maximum Gasteiger partial charge on any atom is 0.306 e. The number of esters is 3. The summed E-state index contributed by atoms with van der Waals surface area (Å²) in [6.07, 6.45) is 86.7. The minimum Gasteiger partial charge on any atom is -0.462 e. The first-order chi connectivity index (χ1) is 39.0. The predicted molar refractivity (Wildman–Crippen MR) is 344 cm³/mol. The van der Waals surface area contributed by atoms with Crippen molar-refractivity contribution in [1.29, 1.82) is 0 Å². The van der Waals surface area contributed by atoms with Gasteiger partial charge in [0.15, 0.2) is 6.10 Å². The summed E-state index contributed by atoms with van der Waals surface area (Å²) in [5.74, 6) is -0.866. The lowest BCUT2D eigenvalue weighted by molar-refractivity contribution is -0.167. The minimum absolute atomic E-state index is 0.0750. The molecule has 0 fully saturated rings. The van der Waals surface area contributed by atoms with Gasteiger partial charge < -0.3 is 14.2 Å². The molecule has 0 aliphatic heterocycles. The van der Waals surface area contributed by atoms with Gasteiger partial charge in [0.25, 0.3) is 0 Å². The Balaban J connectivity index is 4.23. The van der Waals surface area contributed by atoms with Gasteiger partial charge in [0.1, 0.15) is 13.2 Å². The summed E-state index contributed by atoms with van der Waals surface area (Å²) >= 11 is 0. The summed E-state index contributed by atoms with van der Waals surface area (Å²) in [5, 5.41) is 0. The summed E-state index contributed by atoms with van der Waals surface area (Å²) in [7, 11) is 0. The van der Waals surface area contributed by atoms with Crippen LogP contribution in [0.15, 0.2) is 60.8 Å². The van der Waals surface area contributed by atoms with Gasteiger partial charge >= 0.3 is 17.9 Å². The fourth-order valence-corrected chi connectivity index (χ4v) is 10.2. The van der Waals surface area contributed by atoms with E-state index in [1.165, 1.54) is 250 Å². The zero-order valence-electron chi connectivity index (χ0n) is 52.9. The molecule has 0 aromatic heterocycles. The van der Waals surface area contributed by atoms with E-state index in [4.69, 9.17) is 14.2 Å². The highest BCUT2D eigenvalue weighted by atomic mass is 16.6. The number of carbonyl (C=O) groups excluding carboxylic acids is 3. The average molecular weight is 1110 g/mol. The van der Waals surface area contributed by atoms with Gasteiger partial charge in [-0.15, -0.1) is 0 Å². The van der Waals surface area contributed by atoms with Crippen molar-refractivity contribution in [1.82, 2.24) is 0 Å². The molecule has 0 aliphatic rings. The molecule has 0 saturated heterocycles. The summed E-state index contributed by atoms with van der Waals surface area (Å²) in [4.78, 5) is 38.4. The maximum atomic E-state index is 12.9. The van der Waals surface area contributed by atoms with Crippen LogP contribution in [0, 0.1) is 0 Å². The van der Waals surface area contributed by atoms with E-state index in [-0.39, 0.29) is 31.1 Å². The lowest BCUT2D eigenvalue weighted by Gasteiger charge is -2.18. The van der Waals surface area contributed by atoms with Crippen LogP contribution in [0.4, 0.5) is 0 Å². The molecule has 0 aliphatic carbocycles. The summed E-state index contributed by atoms with van der Waals surface area (Å²) in [6.45, 7) is 6.65. The van der Waals surface area contributed by atoms with Crippen LogP contribution in [0.1, 0.15) is 367 Å². The van der Waals surface area contributed by atoms with Gasteiger partial charge in [0.2, 0.25) is 0 Å². The molecule has 0 amide bonds. The van der Waals surface area contributed by atoms with E-state index in [0.29, 0.717) is 19.3 Å². The Hall–Kier alpha value is -2.89. The Bertz CT molecular complexity index is 1410. The molecule has 0 spiro atoms. The smallest absolute Gasteiger partial charge is 0.306 e. The van der Waals surface area contributed by atoms with Crippen molar-refractivity contribution in [3.8, 4) is 0 Å². The van der Waals surface area contributed by atoms with Gasteiger partial charge in [-0.2, -0.15) is 0 Å². The highest BCUT2D eigenvalue weighted by Gasteiger charge is 2.19. The molecule has 0 bridgehead atoms. The third-order valence-electron chi connectivity index (χ3n) is 15.5. The SMILES string of the molecule is CCCCCC/C=C\CCCCCCCC(=O)OCC(COC(=O)CCCCCCCCCCCCCCCC/C=C\C/C=C\C/C=C\CCCCCCC)OC(=O)CCCCCCCCCCC/C=C\CCCCCCCC. The Morgan fingerprint density at radius 3 is 0.734 bits per heavy atom. The van der Waals surface area contributed by atoms with Crippen molar-refractivity contribution in [2.45, 2.75) is 374 Å². The van der Waals surface area contributed by atoms with E-state index < -0.39 is 6.10 Å². The fraction of sp³-hybridized carbons (Fsp3) is 0.822. The second-order valence-electron chi connectivity index (χ2n) is 23.4. The zero-order valence-corrected chi connectivity index (χ0v) is 52.9. The molecule has 0 saturated carbocycles. The zero-order chi connectivity index (χ0) is 57.1. The van der Waals surface area contributed by atoms with Crippen LogP contribution in [0.3, 0.4) is 0 Å². The molecular formula is C73H132O6. The van der Waals surface area contributed by atoms with E-state index in [1.54, 1.807) is 0 Å². The van der Waals surface area contributed by atoms with Crippen LogP contribution < -0.4 is 0 Å². The highest BCUT2D eigenvalue weighted by Crippen LogP contribution is 2.17. The molecular weight excluding hydrogens is 973 g/mol. The molecule has 0 N–H and O–H groups in total. The number of carbonyl (C=O) groups is 3. The average Bonchev–Trinajstić information content (AvgIpc) is 3.45. The Morgan fingerprint density at radius 1 is 0.253 bits per heavy atom. The van der Waals surface area contributed by atoms with Crippen molar-refractivity contribution < 1.29 is 28.6 Å². The van der Waals surface area contributed by atoms with Crippen LogP contribution >= 0.6 is 0 Å². The van der Waals surface area contributed by atoms with E-state index in [2.05, 4.69) is 81.5 Å². The Morgan fingerprint density at radius 2 is 0.456 bits per heavy atom. The normalized spacial score (nSPS) is 12.4. The first-order valence-corrected chi connectivity index (χ1v) is 34.8. The summed E-state index contributed by atoms with van der Waals surface area (Å²) in [6, 6.07) is 0. The van der Waals surface area contributed by atoms with Gasteiger partial charge in [-0.25, -0.2) is 0 Å². The van der Waals surface area contributed by atoms with Gasteiger partial charge in [0.05, 0.1) is 0 Å². The van der Waals surface area contributed by atoms with Gasteiger partial charge in [-0.1, -0.05) is 300 Å². The molecule has 0 rings (SSSR count). The number of hydrogen-bond donors (Lipinski definition) is 0. The predicted octanol–water partition coefficient (Wildman–Crippen LogP) is 23.9. The molecule has 460 valence electrons. The van der Waals surface area contributed by atoms with Crippen molar-refractivity contribution in [3.05, 3.63) is 60.8 Å². The number of rotatable bonds is 64. The number of allylic oxidation sites excluding steroid dienone is 10. The Kier molecular flexibility index (Phi) is 65.1. The minimum atomic E-state index is -0.779. The third kappa shape index (κ3) is 65.8. The largest absolute Gasteiger partial charge is 0.462 e. The van der Waals surface area contributed by atoms with Crippen molar-refractivity contribution in [2.75, 3.05) is 13.2 Å². The third-order valence-corrected chi connectivity index (χ3v) is 15.5. The van der Waals surface area contributed by atoms with E-state index in [9.17, 15) is 14.4 Å². The topological polar surface area (TPSA) is 78.9 Å². The van der Waals surface area contributed by atoms with Gasteiger partial charge in [0, 0.05) is 19.3 Å². The van der Waals surface area contributed by atoms with Crippen molar-refractivity contribution in [2.24, 2.45) is 0 Å². The van der Waals surface area contributed by atoms with Crippen LogP contribution in [-0.4, -0.2) is 37.2 Å². The van der Waals surface area contributed by atoms with Crippen LogP contribution in [0.5, 0.6) is 0 Å². The molecule has 0 radical (unpaired) electrons. The number of hydrogen-bond acceptors (Lipinski definition) is 6.